The van der Waals surface area contributed by atoms with E-state index in [9.17, 15) is 4.39 Å². The fraction of sp³-hybridized carbons (Fsp3) is 0.625. The molecular weight excluding hydrogens is 257 g/mol. The van der Waals surface area contributed by atoms with Crippen LogP contribution in [0.15, 0.2) is 23.1 Å². The molecule has 1 aliphatic carbocycles. The Morgan fingerprint density at radius 3 is 2.74 bits per heavy atom. The van der Waals surface area contributed by atoms with Crippen LogP contribution in [-0.4, -0.2) is 11.8 Å². The second-order valence-electron chi connectivity index (χ2n) is 5.60. The Bertz CT molecular complexity index is 402. The number of halogens is 1. The molecular formula is C16H24FNS. The van der Waals surface area contributed by atoms with Crippen LogP contribution in [0, 0.1) is 11.7 Å². The highest BCUT2D eigenvalue weighted by atomic mass is 32.2. The lowest BCUT2D eigenvalue weighted by molar-refractivity contribution is 0.590. The Balaban J connectivity index is 1.90. The van der Waals surface area contributed by atoms with Crippen molar-refractivity contribution in [1.29, 1.82) is 0 Å². The summed E-state index contributed by atoms with van der Waals surface area (Å²) in [5, 5.41) is 0. The summed E-state index contributed by atoms with van der Waals surface area (Å²) in [5.41, 5.74) is 6.92. The molecule has 1 saturated carbocycles. The van der Waals surface area contributed by atoms with Gasteiger partial charge >= 0.3 is 0 Å². The molecule has 0 radical (unpaired) electrons. The minimum absolute atomic E-state index is 0.0798. The van der Waals surface area contributed by atoms with E-state index in [1.165, 1.54) is 25.7 Å². The molecule has 1 nitrogen and oxygen atoms in total. The first-order chi connectivity index (χ1) is 9.19. The van der Waals surface area contributed by atoms with Crippen LogP contribution < -0.4 is 5.73 Å². The maximum absolute atomic E-state index is 14.0. The summed E-state index contributed by atoms with van der Waals surface area (Å²) in [6.07, 6.45) is 7.03. The lowest BCUT2D eigenvalue weighted by Crippen LogP contribution is -2.21. The molecule has 1 aromatic rings. The summed E-state index contributed by atoms with van der Waals surface area (Å²) < 4.78 is 14.0. The molecule has 1 aliphatic rings. The molecule has 1 aromatic carbocycles. The SMILES string of the molecule is CCC(N)Cc1ccc(SCC2CCCC2)c(F)c1. The highest BCUT2D eigenvalue weighted by Gasteiger charge is 2.16. The Labute approximate surface area is 120 Å². The molecule has 2 rings (SSSR count). The normalized spacial score (nSPS) is 17.8. The van der Waals surface area contributed by atoms with Crippen LogP contribution in [0.4, 0.5) is 4.39 Å². The molecule has 106 valence electrons. The molecule has 0 bridgehead atoms. The summed E-state index contributed by atoms with van der Waals surface area (Å²) in [7, 11) is 0. The van der Waals surface area contributed by atoms with E-state index in [0.29, 0.717) is 0 Å². The Hall–Kier alpha value is -0.540. The third-order valence-corrected chi connectivity index (χ3v) is 5.25. The van der Waals surface area contributed by atoms with Crippen LogP contribution in [-0.2, 0) is 6.42 Å². The average molecular weight is 281 g/mol. The molecule has 1 fully saturated rings. The summed E-state index contributed by atoms with van der Waals surface area (Å²) in [6.45, 7) is 2.06. The van der Waals surface area contributed by atoms with Gasteiger partial charge in [0.25, 0.3) is 0 Å². The monoisotopic (exact) mass is 281 g/mol. The molecule has 0 spiro atoms. The summed E-state index contributed by atoms with van der Waals surface area (Å²) in [4.78, 5) is 0.792. The number of benzene rings is 1. The predicted molar refractivity (Wildman–Crippen MR) is 81.1 cm³/mol. The van der Waals surface area contributed by atoms with Crippen LogP contribution in [0.5, 0.6) is 0 Å². The largest absolute Gasteiger partial charge is 0.327 e. The number of hydrogen-bond acceptors (Lipinski definition) is 2. The van der Waals surface area contributed by atoms with Crippen LogP contribution in [0.25, 0.3) is 0 Å². The minimum atomic E-state index is -0.0798. The maximum Gasteiger partial charge on any atom is 0.137 e. The van der Waals surface area contributed by atoms with E-state index in [2.05, 4.69) is 6.92 Å². The first-order valence-corrected chi connectivity index (χ1v) is 8.34. The van der Waals surface area contributed by atoms with E-state index in [0.717, 1.165) is 35.0 Å². The molecule has 1 unspecified atom stereocenters. The van der Waals surface area contributed by atoms with Crippen LogP contribution in [0.1, 0.15) is 44.6 Å². The zero-order chi connectivity index (χ0) is 13.7. The van der Waals surface area contributed by atoms with Crippen molar-refractivity contribution in [2.75, 3.05) is 5.75 Å². The molecule has 0 saturated heterocycles. The number of thioether (sulfide) groups is 1. The first-order valence-electron chi connectivity index (χ1n) is 7.36. The topological polar surface area (TPSA) is 26.0 Å². The van der Waals surface area contributed by atoms with Gasteiger partial charge in [-0.25, -0.2) is 4.39 Å². The van der Waals surface area contributed by atoms with Crippen molar-refractivity contribution in [2.45, 2.75) is 56.4 Å². The van der Waals surface area contributed by atoms with Gasteiger partial charge in [0.1, 0.15) is 5.82 Å². The van der Waals surface area contributed by atoms with Crippen LogP contribution >= 0.6 is 11.8 Å². The second-order valence-corrected chi connectivity index (χ2v) is 6.66. The van der Waals surface area contributed by atoms with E-state index in [4.69, 9.17) is 5.73 Å². The van der Waals surface area contributed by atoms with Gasteiger partial charge in [-0.15, -0.1) is 11.8 Å². The zero-order valence-electron chi connectivity index (χ0n) is 11.7. The van der Waals surface area contributed by atoms with Crippen LogP contribution in [0.2, 0.25) is 0 Å². The molecule has 19 heavy (non-hydrogen) atoms. The van der Waals surface area contributed by atoms with Crippen molar-refractivity contribution >= 4 is 11.8 Å². The molecule has 0 amide bonds. The van der Waals surface area contributed by atoms with E-state index < -0.39 is 0 Å². The molecule has 1 atom stereocenters. The summed E-state index contributed by atoms with van der Waals surface area (Å²) >= 11 is 1.67. The molecule has 0 aliphatic heterocycles. The number of hydrogen-bond donors (Lipinski definition) is 1. The zero-order valence-corrected chi connectivity index (χ0v) is 12.5. The van der Waals surface area contributed by atoms with Gasteiger partial charge in [0.05, 0.1) is 0 Å². The van der Waals surface area contributed by atoms with Crippen molar-refractivity contribution in [1.82, 2.24) is 0 Å². The summed E-state index contributed by atoms with van der Waals surface area (Å²) in [6, 6.07) is 5.74. The lowest BCUT2D eigenvalue weighted by atomic mass is 10.0. The highest BCUT2D eigenvalue weighted by molar-refractivity contribution is 7.99. The van der Waals surface area contributed by atoms with E-state index in [1.807, 2.05) is 12.1 Å². The van der Waals surface area contributed by atoms with Crippen molar-refractivity contribution in [3.05, 3.63) is 29.6 Å². The fourth-order valence-corrected chi connectivity index (χ4v) is 3.73. The number of nitrogens with two attached hydrogens (primary N) is 1. The van der Waals surface area contributed by atoms with Gasteiger partial charge in [0, 0.05) is 16.7 Å². The predicted octanol–water partition coefficient (Wildman–Crippen LogP) is 4.39. The van der Waals surface area contributed by atoms with Crippen molar-refractivity contribution in [3.8, 4) is 0 Å². The third-order valence-electron chi connectivity index (χ3n) is 3.97. The quantitative estimate of drug-likeness (QED) is 0.783. The van der Waals surface area contributed by atoms with E-state index >= 15 is 0 Å². The average Bonchev–Trinajstić information content (AvgIpc) is 2.91. The van der Waals surface area contributed by atoms with Crippen molar-refractivity contribution in [3.63, 3.8) is 0 Å². The van der Waals surface area contributed by atoms with Gasteiger partial charge in [-0.1, -0.05) is 25.8 Å². The lowest BCUT2D eigenvalue weighted by Gasteiger charge is -2.11. The van der Waals surface area contributed by atoms with Gasteiger partial charge in [0.15, 0.2) is 0 Å². The van der Waals surface area contributed by atoms with Gasteiger partial charge < -0.3 is 5.73 Å². The minimum Gasteiger partial charge on any atom is -0.327 e. The second kappa shape index (κ2) is 7.30. The molecule has 2 N–H and O–H groups in total. The molecule has 0 aromatic heterocycles. The van der Waals surface area contributed by atoms with E-state index in [1.54, 1.807) is 17.8 Å². The smallest absolute Gasteiger partial charge is 0.137 e. The Morgan fingerprint density at radius 2 is 2.11 bits per heavy atom. The fourth-order valence-electron chi connectivity index (χ4n) is 2.62. The maximum atomic E-state index is 14.0. The number of rotatable bonds is 6. The summed E-state index contributed by atoms with van der Waals surface area (Å²) in [5.74, 6) is 1.77. The third kappa shape index (κ3) is 4.50. The van der Waals surface area contributed by atoms with Crippen molar-refractivity contribution < 1.29 is 4.39 Å². The van der Waals surface area contributed by atoms with Gasteiger partial charge in [0.2, 0.25) is 0 Å². The highest BCUT2D eigenvalue weighted by Crippen LogP contribution is 2.32. The van der Waals surface area contributed by atoms with E-state index in [-0.39, 0.29) is 11.9 Å². The Kier molecular flexibility index (Phi) is 5.71. The van der Waals surface area contributed by atoms with Gasteiger partial charge in [-0.2, -0.15) is 0 Å². The first kappa shape index (κ1) is 14.9. The van der Waals surface area contributed by atoms with Gasteiger partial charge in [-0.3, -0.25) is 0 Å². The standard InChI is InChI=1S/C16H24FNS/c1-2-14(18)9-13-7-8-16(15(17)10-13)19-11-12-5-3-4-6-12/h7-8,10,12,14H,2-6,9,11,18H2,1H3. The Morgan fingerprint density at radius 1 is 1.37 bits per heavy atom. The van der Waals surface area contributed by atoms with Gasteiger partial charge in [-0.05, 0) is 49.3 Å². The van der Waals surface area contributed by atoms with Crippen molar-refractivity contribution in [2.24, 2.45) is 11.7 Å². The molecule has 3 heteroatoms. The van der Waals surface area contributed by atoms with Crippen LogP contribution in [0.3, 0.4) is 0 Å². The molecule has 0 heterocycles.